The summed E-state index contributed by atoms with van der Waals surface area (Å²) < 4.78 is 16.8. The van der Waals surface area contributed by atoms with Crippen molar-refractivity contribution in [2.45, 2.75) is 264 Å². The summed E-state index contributed by atoms with van der Waals surface area (Å²) in [5.74, 6) is -0.912. The largest absolute Gasteiger partial charge is 0.462 e. The highest BCUT2D eigenvalue weighted by atomic mass is 16.6. The summed E-state index contributed by atoms with van der Waals surface area (Å²) >= 11 is 0. The summed E-state index contributed by atoms with van der Waals surface area (Å²) in [4.78, 5) is 37.9. The standard InChI is InChI=1S/C54H96O6/c1-4-7-10-13-16-19-22-25-26-27-28-30-32-35-38-41-44-47-53(56)59-50-51(49-58-52(55)46-43-40-37-34-31-24-21-18-15-12-9-6-3)60-54(57)48-45-42-39-36-33-29-23-20-17-14-11-8-5-2/h8,11,17,20,25-26,29,33,51H,4-7,9-10,12-16,18-19,21-24,27-28,30-32,34-50H2,1-3H3/b11-8-,20-17-,26-25-,33-29-. The lowest BCUT2D eigenvalue weighted by Crippen LogP contribution is -2.30. The van der Waals surface area contributed by atoms with Gasteiger partial charge in [-0.3, -0.25) is 14.4 Å². The minimum atomic E-state index is -0.786. The summed E-state index contributed by atoms with van der Waals surface area (Å²) in [6.07, 6.45) is 58.1. The van der Waals surface area contributed by atoms with Crippen LogP contribution in [0, 0.1) is 0 Å². The Morgan fingerprint density at radius 3 is 1.05 bits per heavy atom. The molecule has 0 aromatic rings. The molecule has 0 N–H and O–H groups in total. The number of ether oxygens (including phenoxy) is 3. The molecule has 60 heavy (non-hydrogen) atoms. The fourth-order valence-corrected chi connectivity index (χ4v) is 7.22. The molecule has 1 atom stereocenters. The first kappa shape index (κ1) is 57.4. The second-order valence-corrected chi connectivity index (χ2v) is 17.1. The second-order valence-electron chi connectivity index (χ2n) is 17.1. The van der Waals surface area contributed by atoms with Gasteiger partial charge in [0.15, 0.2) is 6.10 Å². The van der Waals surface area contributed by atoms with Gasteiger partial charge in [0, 0.05) is 19.3 Å². The van der Waals surface area contributed by atoms with Crippen LogP contribution in [0.4, 0.5) is 0 Å². The fourth-order valence-electron chi connectivity index (χ4n) is 7.22. The molecule has 0 saturated heterocycles. The van der Waals surface area contributed by atoms with E-state index < -0.39 is 6.10 Å². The second kappa shape index (κ2) is 49.0. The number of hydrogen-bond acceptors (Lipinski definition) is 6. The van der Waals surface area contributed by atoms with Crippen LogP contribution in [0.2, 0.25) is 0 Å². The van der Waals surface area contributed by atoms with E-state index in [4.69, 9.17) is 14.2 Å². The third kappa shape index (κ3) is 46.4. The van der Waals surface area contributed by atoms with Gasteiger partial charge in [-0.1, -0.05) is 211 Å². The first-order chi connectivity index (χ1) is 29.5. The van der Waals surface area contributed by atoms with E-state index in [2.05, 4.69) is 69.4 Å². The average Bonchev–Trinajstić information content (AvgIpc) is 3.24. The monoisotopic (exact) mass is 841 g/mol. The maximum atomic E-state index is 12.8. The summed E-state index contributed by atoms with van der Waals surface area (Å²) in [5, 5.41) is 0. The number of carbonyl (C=O) groups excluding carboxylic acids is 3. The lowest BCUT2D eigenvalue weighted by atomic mass is 10.0. The molecule has 6 nitrogen and oxygen atoms in total. The van der Waals surface area contributed by atoms with Gasteiger partial charge < -0.3 is 14.2 Å². The first-order valence-electron chi connectivity index (χ1n) is 25.6. The third-order valence-electron chi connectivity index (χ3n) is 11.1. The molecule has 1 unspecified atom stereocenters. The molecule has 0 aliphatic carbocycles. The summed E-state index contributed by atoms with van der Waals surface area (Å²) in [6, 6.07) is 0. The zero-order valence-corrected chi connectivity index (χ0v) is 39.7. The van der Waals surface area contributed by atoms with Crippen LogP contribution in [0.15, 0.2) is 48.6 Å². The Bertz CT molecular complexity index is 1060. The quantitative estimate of drug-likeness (QED) is 0.0263. The van der Waals surface area contributed by atoms with E-state index in [0.717, 1.165) is 83.5 Å². The topological polar surface area (TPSA) is 78.9 Å². The van der Waals surface area contributed by atoms with E-state index in [1.807, 2.05) is 0 Å². The van der Waals surface area contributed by atoms with Gasteiger partial charge in [-0.2, -0.15) is 0 Å². The molecule has 0 amide bonds. The summed E-state index contributed by atoms with van der Waals surface area (Å²) in [7, 11) is 0. The van der Waals surface area contributed by atoms with Crippen molar-refractivity contribution in [3.8, 4) is 0 Å². The molecule has 0 saturated carbocycles. The maximum Gasteiger partial charge on any atom is 0.306 e. The minimum absolute atomic E-state index is 0.0842. The summed E-state index contributed by atoms with van der Waals surface area (Å²) in [6.45, 7) is 6.50. The van der Waals surface area contributed by atoms with Gasteiger partial charge in [0.05, 0.1) is 0 Å². The van der Waals surface area contributed by atoms with Gasteiger partial charge in [-0.05, 0) is 77.0 Å². The van der Waals surface area contributed by atoms with E-state index >= 15 is 0 Å². The van der Waals surface area contributed by atoms with Crippen molar-refractivity contribution in [1.82, 2.24) is 0 Å². The van der Waals surface area contributed by atoms with Crippen LogP contribution in [-0.2, 0) is 28.6 Å². The van der Waals surface area contributed by atoms with E-state index in [-0.39, 0.29) is 31.1 Å². The molecule has 0 aliphatic rings. The lowest BCUT2D eigenvalue weighted by Gasteiger charge is -2.18. The Hall–Kier alpha value is -2.63. The number of hydrogen-bond donors (Lipinski definition) is 0. The molecule has 0 heterocycles. The molecule has 0 radical (unpaired) electrons. The maximum absolute atomic E-state index is 12.8. The first-order valence-corrected chi connectivity index (χ1v) is 25.6. The highest BCUT2D eigenvalue weighted by Crippen LogP contribution is 2.15. The van der Waals surface area contributed by atoms with E-state index in [1.165, 1.54) is 135 Å². The van der Waals surface area contributed by atoms with Gasteiger partial charge >= 0.3 is 17.9 Å². The molecule has 0 aromatic carbocycles. The van der Waals surface area contributed by atoms with Crippen LogP contribution in [0.25, 0.3) is 0 Å². The van der Waals surface area contributed by atoms with Crippen LogP contribution < -0.4 is 0 Å². The molecule has 0 aromatic heterocycles. The smallest absolute Gasteiger partial charge is 0.306 e. The average molecular weight is 841 g/mol. The van der Waals surface area contributed by atoms with Crippen molar-refractivity contribution in [1.29, 1.82) is 0 Å². The zero-order valence-electron chi connectivity index (χ0n) is 39.7. The molecule has 348 valence electrons. The van der Waals surface area contributed by atoms with Gasteiger partial charge in [0.1, 0.15) is 13.2 Å². The Kier molecular flexibility index (Phi) is 46.9. The molecule has 0 spiro atoms. The number of allylic oxidation sites excluding steroid dienone is 8. The van der Waals surface area contributed by atoms with E-state index in [9.17, 15) is 14.4 Å². The van der Waals surface area contributed by atoms with Crippen LogP contribution in [0.1, 0.15) is 258 Å². The predicted octanol–water partition coefficient (Wildman–Crippen LogP) is 16.7. The van der Waals surface area contributed by atoms with Gasteiger partial charge in [0.25, 0.3) is 0 Å². The Morgan fingerprint density at radius 1 is 0.350 bits per heavy atom. The van der Waals surface area contributed by atoms with Crippen LogP contribution in [-0.4, -0.2) is 37.2 Å². The summed E-state index contributed by atoms with van der Waals surface area (Å²) in [5.41, 5.74) is 0. The van der Waals surface area contributed by atoms with Crippen LogP contribution in [0.5, 0.6) is 0 Å². The molecule has 0 aliphatic heterocycles. The minimum Gasteiger partial charge on any atom is -0.462 e. The van der Waals surface area contributed by atoms with Crippen LogP contribution in [0.3, 0.4) is 0 Å². The molecule has 0 rings (SSSR count). The predicted molar refractivity (Wildman–Crippen MR) is 256 cm³/mol. The number of unbranched alkanes of at least 4 members (excludes halogenated alkanes) is 27. The van der Waals surface area contributed by atoms with E-state index in [1.54, 1.807) is 0 Å². The van der Waals surface area contributed by atoms with E-state index in [0.29, 0.717) is 19.3 Å². The molecule has 6 heteroatoms. The SMILES string of the molecule is CC/C=C\C/C=C\C/C=C\CCCCCC(=O)OC(COC(=O)CCCCCCCCC/C=C\CCCCCCCC)COC(=O)CCCCCCCCCCCCCC. The number of rotatable bonds is 46. The molecule has 0 bridgehead atoms. The lowest BCUT2D eigenvalue weighted by molar-refractivity contribution is -0.167. The van der Waals surface area contributed by atoms with Crippen molar-refractivity contribution < 1.29 is 28.6 Å². The Balaban J connectivity index is 4.38. The van der Waals surface area contributed by atoms with Crippen molar-refractivity contribution >= 4 is 17.9 Å². The van der Waals surface area contributed by atoms with Gasteiger partial charge in [-0.15, -0.1) is 0 Å². The normalized spacial score (nSPS) is 12.4. The van der Waals surface area contributed by atoms with Gasteiger partial charge in [0.2, 0.25) is 0 Å². The Labute approximate surface area is 371 Å². The van der Waals surface area contributed by atoms with Crippen LogP contribution >= 0.6 is 0 Å². The molecular weight excluding hydrogens is 745 g/mol. The molecular formula is C54H96O6. The van der Waals surface area contributed by atoms with Crippen molar-refractivity contribution in [2.24, 2.45) is 0 Å². The number of carbonyl (C=O) groups is 3. The highest BCUT2D eigenvalue weighted by molar-refractivity contribution is 5.71. The third-order valence-corrected chi connectivity index (χ3v) is 11.1. The fraction of sp³-hybridized carbons (Fsp3) is 0.796. The zero-order chi connectivity index (χ0) is 43.7. The number of esters is 3. The highest BCUT2D eigenvalue weighted by Gasteiger charge is 2.19. The van der Waals surface area contributed by atoms with Crippen molar-refractivity contribution in [3.63, 3.8) is 0 Å². The van der Waals surface area contributed by atoms with Crippen molar-refractivity contribution in [2.75, 3.05) is 13.2 Å². The molecule has 0 fully saturated rings. The Morgan fingerprint density at radius 2 is 0.650 bits per heavy atom. The van der Waals surface area contributed by atoms with Gasteiger partial charge in [-0.25, -0.2) is 0 Å². The van der Waals surface area contributed by atoms with Crippen molar-refractivity contribution in [3.05, 3.63) is 48.6 Å².